The number of nitrogens with one attached hydrogen (secondary N) is 1. The molecular weight excluding hydrogens is 495 g/mol. The first-order valence-corrected chi connectivity index (χ1v) is 14.3. The van der Waals surface area contributed by atoms with Crippen molar-refractivity contribution in [1.29, 1.82) is 0 Å². The summed E-state index contributed by atoms with van der Waals surface area (Å²) in [5.74, 6) is -0.970. The molecule has 0 bridgehead atoms. The molecule has 8 heteroatoms. The fraction of sp³-hybridized carbons (Fsp3) is 0.214. The number of anilines is 1. The van der Waals surface area contributed by atoms with Gasteiger partial charge < -0.3 is 5.32 Å². The molecule has 1 heterocycles. The number of aromatic nitrogens is 1. The minimum absolute atomic E-state index is 0.0459. The van der Waals surface area contributed by atoms with E-state index in [-0.39, 0.29) is 29.4 Å². The van der Waals surface area contributed by atoms with Crippen LogP contribution in [0, 0.1) is 5.82 Å². The molecular formula is C28H27FN2O3S2. The van der Waals surface area contributed by atoms with E-state index in [2.05, 4.69) is 41.5 Å². The van der Waals surface area contributed by atoms with E-state index < -0.39 is 15.7 Å². The zero-order valence-electron chi connectivity index (χ0n) is 19.9. The number of nitrogens with zero attached hydrogens (tertiary/aromatic N) is 1. The first kappa shape index (κ1) is 25.7. The Labute approximate surface area is 215 Å². The summed E-state index contributed by atoms with van der Waals surface area (Å²) in [4.78, 5) is 18.3. The Morgan fingerprint density at radius 1 is 0.917 bits per heavy atom. The van der Waals surface area contributed by atoms with Gasteiger partial charge in [0, 0.05) is 16.9 Å². The van der Waals surface area contributed by atoms with Crippen LogP contribution in [0.3, 0.4) is 0 Å². The van der Waals surface area contributed by atoms with Gasteiger partial charge in [-0.2, -0.15) is 0 Å². The van der Waals surface area contributed by atoms with Gasteiger partial charge in [0.15, 0.2) is 15.0 Å². The van der Waals surface area contributed by atoms with Gasteiger partial charge in [0.2, 0.25) is 5.91 Å². The van der Waals surface area contributed by atoms with Crippen LogP contribution < -0.4 is 5.32 Å². The van der Waals surface area contributed by atoms with Crippen LogP contribution in [0.1, 0.15) is 31.1 Å². The smallest absolute Gasteiger partial charge is 0.226 e. The third-order valence-electron chi connectivity index (χ3n) is 5.68. The number of halogens is 1. The lowest BCUT2D eigenvalue weighted by molar-refractivity contribution is -0.116. The van der Waals surface area contributed by atoms with Crippen molar-refractivity contribution < 1.29 is 17.6 Å². The van der Waals surface area contributed by atoms with E-state index in [1.165, 1.54) is 23.5 Å². The fourth-order valence-corrected chi connectivity index (χ4v) is 6.26. The predicted molar refractivity (Wildman–Crippen MR) is 143 cm³/mol. The number of rotatable bonds is 10. The third kappa shape index (κ3) is 6.44. The topological polar surface area (TPSA) is 76.1 Å². The van der Waals surface area contributed by atoms with Crippen molar-refractivity contribution in [2.45, 2.75) is 37.5 Å². The third-order valence-corrected chi connectivity index (χ3v) is 8.52. The van der Waals surface area contributed by atoms with E-state index >= 15 is 0 Å². The minimum Gasteiger partial charge on any atom is -0.302 e. The molecule has 0 radical (unpaired) electrons. The van der Waals surface area contributed by atoms with Crippen molar-refractivity contribution in [3.05, 3.63) is 89.6 Å². The number of benzene rings is 3. The molecule has 36 heavy (non-hydrogen) atoms. The van der Waals surface area contributed by atoms with Crippen LogP contribution in [0.2, 0.25) is 0 Å². The maximum absolute atomic E-state index is 13.1. The predicted octanol–water partition coefficient (Wildman–Crippen LogP) is 6.76. The van der Waals surface area contributed by atoms with Crippen LogP contribution in [-0.2, 0) is 21.1 Å². The average Bonchev–Trinajstić information content (AvgIpc) is 3.27. The minimum atomic E-state index is -3.57. The first-order chi connectivity index (χ1) is 17.4. The maximum Gasteiger partial charge on any atom is 0.226 e. The van der Waals surface area contributed by atoms with Crippen molar-refractivity contribution in [1.82, 2.24) is 4.98 Å². The van der Waals surface area contributed by atoms with Gasteiger partial charge in [-0.05, 0) is 48.2 Å². The lowest BCUT2D eigenvalue weighted by atomic mass is 10.0. The summed E-state index contributed by atoms with van der Waals surface area (Å²) in [6.07, 6.45) is 2.00. The molecule has 0 saturated heterocycles. The van der Waals surface area contributed by atoms with Gasteiger partial charge in [-0.3, -0.25) is 4.79 Å². The van der Waals surface area contributed by atoms with Gasteiger partial charge in [0.1, 0.15) is 5.82 Å². The first-order valence-electron chi connectivity index (χ1n) is 11.8. The number of thiazole rings is 1. The molecule has 0 atom stereocenters. The van der Waals surface area contributed by atoms with Crippen molar-refractivity contribution in [2.75, 3.05) is 11.1 Å². The van der Waals surface area contributed by atoms with E-state index in [4.69, 9.17) is 0 Å². The summed E-state index contributed by atoms with van der Waals surface area (Å²) < 4.78 is 37.9. The number of hydrogen-bond acceptors (Lipinski definition) is 5. The average molecular weight is 523 g/mol. The second-order valence-corrected chi connectivity index (χ2v) is 11.6. The van der Waals surface area contributed by atoms with E-state index in [1.807, 2.05) is 30.3 Å². The molecule has 4 rings (SSSR count). The maximum atomic E-state index is 13.1. The normalized spacial score (nSPS) is 11.4. The van der Waals surface area contributed by atoms with Gasteiger partial charge in [-0.1, -0.05) is 67.9 Å². The number of amides is 1. The Morgan fingerprint density at radius 2 is 1.56 bits per heavy atom. The van der Waals surface area contributed by atoms with Crippen molar-refractivity contribution >= 4 is 32.2 Å². The highest BCUT2D eigenvalue weighted by Crippen LogP contribution is 2.33. The molecule has 1 N–H and O–H groups in total. The molecule has 0 saturated carbocycles. The van der Waals surface area contributed by atoms with E-state index in [1.54, 1.807) is 0 Å². The molecule has 1 aromatic heterocycles. The molecule has 0 spiro atoms. The molecule has 3 aromatic carbocycles. The summed E-state index contributed by atoms with van der Waals surface area (Å²) in [5, 5.41) is 3.33. The van der Waals surface area contributed by atoms with Crippen LogP contribution in [0.25, 0.3) is 22.4 Å². The molecule has 0 unspecified atom stereocenters. The number of sulfone groups is 1. The standard InChI is InChI=1S/C28H27FN2O3S2/c1-2-7-25-27(22-13-11-21(12-14-22)20-8-4-3-5-9-20)31-28(35-25)30-26(32)10-6-19-36(33,34)24-17-15-23(29)16-18-24/h3-5,8-9,11-18H,2,6-7,10,19H2,1H3,(H,30,31,32). The number of carbonyl (C=O) groups excluding carboxylic acids is 1. The van der Waals surface area contributed by atoms with E-state index in [9.17, 15) is 17.6 Å². The highest BCUT2D eigenvalue weighted by atomic mass is 32.2. The monoisotopic (exact) mass is 522 g/mol. The van der Waals surface area contributed by atoms with Crippen LogP contribution in [0.4, 0.5) is 9.52 Å². The summed E-state index contributed by atoms with van der Waals surface area (Å²) in [5.41, 5.74) is 4.11. The van der Waals surface area contributed by atoms with Gasteiger partial charge in [-0.25, -0.2) is 17.8 Å². The molecule has 5 nitrogen and oxygen atoms in total. The quantitative estimate of drug-likeness (QED) is 0.234. The molecule has 0 aliphatic carbocycles. The molecule has 0 aliphatic heterocycles. The lowest BCUT2D eigenvalue weighted by Gasteiger charge is -2.05. The highest BCUT2D eigenvalue weighted by molar-refractivity contribution is 7.91. The molecule has 1 amide bonds. The zero-order chi connectivity index (χ0) is 25.5. The van der Waals surface area contributed by atoms with Crippen LogP contribution in [-0.4, -0.2) is 25.1 Å². The van der Waals surface area contributed by atoms with E-state index in [0.717, 1.165) is 52.2 Å². The Kier molecular flexibility index (Phi) is 8.28. The van der Waals surface area contributed by atoms with Gasteiger partial charge in [0.05, 0.1) is 16.3 Å². The van der Waals surface area contributed by atoms with Crippen LogP contribution >= 0.6 is 11.3 Å². The zero-order valence-corrected chi connectivity index (χ0v) is 21.5. The summed E-state index contributed by atoms with van der Waals surface area (Å²) in [7, 11) is -3.57. The fourth-order valence-electron chi connectivity index (χ4n) is 3.84. The number of hydrogen-bond donors (Lipinski definition) is 1. The Hall–Kier alpha value is -3.36. The molecule has 0 fully saturated rings. The van der Waals surface area contributed by atoms with Gasteiger partial charge in [0.25, 0.3) is 0 Å². The lowest BCUT2D eigenvalue weighted by Crippen LogP contribution is -2.14. The molecule has 0 aliphatic rings. The molecule has 186 valence electrons. The van der Waals surface area contributed by atoms with E-state index in [0.29, 0.717) is 5.13 Å². The van der Waals surface area contributed by atoms with Gasteiger partial charge >= 0.3 is 0 Å². The number of aryl methyl sites for hydroxylation is 1. The summed E-state index contributed by atoms with van der Waals surface area (Å²) >= 11 is 1.45. The molecule has 4 aromatic rings. The largest absolute Gasteiger partial charge is 0.302 e. The Balaban J connectivity index is 1.40. The Bertz CT molecular complexity index is 1420. The Morgan fingerprint density at radius 3 is 2.22 bits per heavy atom. The number of carbonyl (C=O) groups is 1. The highest BCUT2D eigenvalue weighted by Gasteiger charge is 2.17. The van der Waals surface area contributed by atoms with Crippen molar-refractivity contribution in [2.24, 2.45) is 0 Å². The SMILES string of the molecule is CCCc1sc(NC(=O)CCCS(=O)(=O)c2ccc(F)cc2)nc1-c1ccc(-c2ccccc2)cc1. The summed E-state index contributed by atoms with van der Waals surface area (Å²) in [6, 6.07) is 23.1. The second kappa shape index (κ2) is 11.6. The van der Waals surface area contributed by atoms with Crippen LogP contribution in [0.15, 0.2) is 83.8 Å². The van der Waals surface area contributed by atoms with Gasteiger partial charge in [-0.15, -0.1) is 11.3 Å². The second-order valence-electron chi connectivity index (χ2n) is 8.41. The van der Waals surface area contributed by atoms with Crippen LogP contribution in [0.5, 0.6) is 0 Å². The van der Waals surface area contributed by atoms with Crippen molar-refractivity contribution in [3.8, 4) is 22.4 Å². The van der Waals surface area contributed by atoms with Crippen molar-refractivity contribution in [3.63, 3.8) is 0 Å². The summed E-state index contributed by atoms with van der Waals surface area (Å²) in [6.45, 7) is 2.10.